The topological polar surface area (TPSA) is 95.6 Å². The van der Waals surface area contributed by atoms with Gasteiger partial charge in [-0.3, -0.25) is 19.2 Å². The van der Waals surface area contributed by atoms with E-state index in [9.17, 15) is 36.7 Å². The number of rotatable bonds is 3. The molecule has 4 amide bonds. The molecule has 0 aromatic heterocycles. The minimum absolute atomic E-state index is 0.390. The molecule has 28 heavy (non-hydrogen) atoms. The van der Waals surface area contributed by atoms with E-state index in [-0.39, 0.29) is 0 Å². The lowest BCUT2D eigenvalue weighted by molar-refractivity contribution is -0.185. The summed E-state index contributed by atoms with van der Waals surface area (Å²) < 4.78 is 53.2. The number of piperidine rings is 1. The van der Waals surface area contributed by atoms with Crippen molar-refractivity contribution in [3.8, 4) is 0 Å². The Balaban J connectivity index is 2.58. The quantitative estimate of drug-likeness (QED) is 0.576. The molecular formula is C16H14ClF4N3O4. The number of imide groups is 1. The Morgan fingerprint density at radius 1 is 1.11 bits per heavy atom. The number of carbonyl (C=O) groups is 4. The van der Waals surface area contributed by atoms with Crippen molar-refractivity contribution < 1.29 is 36.7 Å². The summed E-state index contributed by atoms with van der Waals surface area (Å²) in [5.41, 5.74) is -1.60. The Morgan fingerprint density at radius 2 is 1.61 bits per heavy atom. The van der Waals surface area contributed by atoms with Gasteiger partial charge in [-0.25, -0.2) is 9.29 Å². The fourth-order valence-corrected chi connectivity index (χ4v) is 2.94. The number of nitrogens with zero attached hydrogens (tertiary/aromatic N) is 1. The second-order valence-corrected chi connectivity index (χ2v) is 6.46. The van der Waals surface area contributed by atoms with Gasteiger partial charge in [0, 0.05) is 26.7 Å². The SMILES string of the molecule is CC(=O)Nc1cc(N2C(=O)CC(C(F)(F)F)CC2=O)c(Cl)c(NC(C)=O)c1F. The van der Waals surface area contributed by atoms with Gasteiger partial charge in [0.05, 0.1) is 22.3 Å². The van der Waals surface area contributed by atoms with Gasteiger partial charge in [-0.15, -0.1) is 0 Å². The highest BCUT2D eigenvalue weighted by molar-refractivity contribution is 6.38. The smallest absolute Gasteiger partial charge is 0.324 e. The summed E-state index contributed by atoms with van der Waals surface area (Å²) in [4.78, 5) is 47.5. The molecule has 1 fully saturated rings. The van der Waals surface area contributed by atoms with E-state index >= 15 is 0 Å². The third-order valence-electron chi connectivity index (χ3n) is 3.84. The number of hydrogen-bond acceptors (Lipinski definition) is 4. The Bertz CT molecular complexity index is 854. The van der Waals surface area contributed by atoms with Crippen molar-refractivity contribution in [1.82, 2.24) is 0 Å². The lowest BCUT2D eigenvalue weighted by atomic mass is 9.94. The predicted molar refractivity (Wildman–Crippen MR) is 91.3 cm³/mol. The van der Waals surface area contributed by atoms with Crippen LogP contribution < -0.4 is 15.5 Å². The zero-order valence-electron chi connectivity index (χ0n) is 14.5. The third-order valence-corrected chi connectivity index (χ3v) is 4.22. The number of anilines is 3. The molecule has 0 bridgehead atoms. The average Bonchev–Trinajstić information content (AvgIpc) is 2.53. The van der Waals surface area contributed by atoms with E-state index < -0.39 is 76.5 Å². The molecule has 0 aliphatic carbocycles. The Hall–Kier alpha value is -2.69. The molecular weight excluding hydrogens is 410 g/mol. The molecule has 1 aliphatic rings. The lowest BCUT2D eigenvalue weighted by Gasteiger charge is -2.32. The fourth-order valence-electron chi connectivity index (χ4n) is 2.67. The number of alkyl halides is 3. The monoisotopic (exact) mass is 423 g/mol. The molecule has 2 N–H and O–H groups in total. The van der Waals surface area contributed by atoms with E-state index in [2.05, 4.69) is 10.6 Å². The lowest BCUT2D eigenvalue weighted by Crippen LogP contribution is -2.47. The maximum atomic E-state index is 14.6. The van der Waals surface area contributed by atoms with Gasteiger partial charge in [0.2, 0.25) is 23.6 Å². The van der Waals surface area contributed by atoms with Gasteiger partial charge < -0.3 is 10.6 Å². The molecule has 0 saturated carbocycles. The van der Waals surface area contributed by atoms with Gasteiger partial charge in [0.25, 0.3) is 0 Å². The zero-order chi connectivity index (χ0) is 21.4. The average molecular weight is 424 g/mol. The van der Waals surface area contributed by atoms with Crippen molar-refractivity contribution in [3.05, 3.63) is 16.9 Å². The first-order chi connectivity index (χ1) is 12.8. The minimum Gasteiger partial charge on any atom is -0.324 e. The van der Waals surface area contributed by atoms with Crippen LogP contribution in [0.2, 0.25) is 5.02 Å². The highest BCUT2D eigenvalue weighted by Gasteiger charge is 2.48. The maximum absolute atomic E-state index is 14.6. The largest absolute Gasteiger partial charge is 0.392 e. The minimum atomic E-state index is -4.74. The van der Waals surface area contributed by atoms with E-state index in [0.717, 1.165) is 19.9 Å². The summed E-state index contributed by atoms with van der Waals surface area (Å²) in [6, 6.07) is 0.841. The number of halogens is 5. The van der Waals surface area contributed by atoms with Crippen molar-refractivity contribution in [3.63, 3.8) is 0 Å². The van der Waals surface area contributed by atoms with Crippen LogP contribution >= 0.6 is 11.6 Å². The molecule has 1 aromatic carbocycles. The molecule has 0 atom stereocenters. The van der Waals surface area contributed by atoms with Crippen LogP contribution in [0.25, 0.3) is 0 Å². The zero-order valence-corrected chi connectivity index (χ0v) is 15.3. The van der Waals surface area contributed by atoms with Crippen molar-refractivity contribution in [2.75, 3.05) is 15.5 Å². The summed E-state index contributed by atoms with van der Waals surface area (Å²) in [6.45, 7) is 2.09. The maximum Gasteiger partial charge on any atom is 0.392 e. The van der Waals surface area contributed by atoms with Crippen molar-refractivity contribution in [2.24, 2.45) is 5.92 Å². The van der Waals surface area contributed by atoms with Crippen LogP contribution in [-0.4, -0.2) is 29.8 Å². The normalized spacial score (nSPS) is 15.6. The summed E-state index contributed by atoms with van der Waals surface area (Å²) in [5.74, 6) is -7.16. The Labute approximate surface area is 161 Å². The van der Waals surface area contributed by atoms with Crippen LogP contribution in [0.15, 0.2) is 6.07 Å². The van der Waals surface area contributed by atoms with Crippen LogP contribution in [0.5, 0.6) is 0 Å². The fraction of sp³-hybridized carbons (Fsp3) is 0.375. The van der Waals surface area contributed by atoms with E-state index in [1.54, 1.807) is 0 Å². The third kappa shape index (κ3) is 4.41. The first kappa shape index (κ1) is 21.6. The number of carbonyl (C=O) groups excluding carboxylic acids is 4. The van der Waals surface area contributed by atoms with Gasteiger partial charge >= 0.3 is 6.18 Å². The second-order valence-electron chi connectivity index (χ2n) is 6.08. The van der Waals surface area contributed by atoms with Crippen LogP contribution in [-0.2, 0) is 19.2 Å². The van der Waals surface area contributed by atoms with Gasteiger partial charge in [0.15, 0.2) is 5.82 Å². The van der Waals surface area contributed by atoms with Gasteiger partial charge in [-0.1, -0.05) is 11.6 Å². The molecule has 1 aliphatic heterocycles. The molecule has 0 unspecified atom stereocenters. The summed E-state index contributed by atoms with van der Waals surface area (Å²) in [5, 5.41) is 3.60. The Kier molecular flexibility index (Phi) is 5.97. The second kappa shape index (κ2) is 7.74. The summed E-state index contributed by atoms with van der Waals surface area (Å²) >= 11 is 6.02. The molecule has 1 heterocycles. The van der Waals surface area contributed by atoms with Crippen LogP contribution in [0, 0.1) is 11.7 Å². The Morgan fingerprint density at radius 3 is 2.04 bits per heavy atom. The molecule has 0 radical (unpaired) electrons. The number of amides is 4. The molecule has 7 nitrogen and oxygen atoms in total. The number of benzene rings is 1. The highest BCUT2D eigenvalue weighted by atomic mass is 35.5. The first-order valence-electron chi connectivity index (χ1n) is 7.82. The number of hydrogen-bond donors (Lipinski definition) is 2. The van der Waals surface area contributed by atoms with Crippen molar-refractivity contribution >= 4 is 52.3 Å². The number of nitrogens with one attached hydrogen (secondary N) is 2. The molecule has 12 heteroatoms. The van der Waals surface area contributed by atoms with Crippen LogP contribution in [0.4, 0.5) is 34.6 Å². The van der Waals surface area contributed by atoms with Crippen molar-refractivity contribution in [2.45, 2.75) is 32.9 Å². The van der Waals surface area contributed by atoms with Crippen LogP contribution in [0.1, 0.15) is 26.7 Å². The molecule has 2 rings (SSSR count). The van der Waals surface area contributed by atoms with Crippen molar-refractivity contribution in [1.29, 1.82) is 0 Å². The van der Waals surface area contributed by atoms with E-state index in [0.29, 0.717) is 4.90 Å². The van der Waals surface area contributed by atoms with E-state index in [4.69, 9.17) is 11.6 Å². The molecule has 1 aromatic rings. The first-order valence-corrected chi connectivity index (χ1v) is 8.20. The van der Waals surface area contributed by atoms with Gasteiger partial charge in [0.1, 0.15) is 5.69 Å². The highest BCUT2D eigenvalue weighted by Crippen LogP contribution is 2.43. The van der Waals surface area contributed by atoms with Crippen LogP contribution in [0.3, 0.4) is 0 Å². The predicted octanol–water partition coefficient (Wildman–Crippen LogP) is 3.23. The molecule has 152 valence electrons. The molecule has 1 saturated heterocycles. The van der Waals surface area contributed by atoms with Gasteiger partial charge in [-0.05, 0) is 6.07 Å². The van der Waals surface area contributed by atoms with E-state index in [1.807, 2.05) is 0 Å². The molecule has 0 spiro atoms. The summed E-state index contributed by atoms with van der Waals surface area (Å²) in [7, 11) is 0. The standard InChI is InChI=1S/C16H14ClF4N3O4/c1-6(25)22-9-5-10(13(17)15(14(9)18)23-7(2)26)24-11(27)3-8(4-12(24)28)16(19,20)21/h5,8H,3-4H2,1-2H3,(H,22,25)(H,23,26). The van der Waals surface area contributed by atoms with E-state index in [1.165, 1.54) is 0 Å². The van der Waals surface area contributed by atoms with Gasteiger partial charge in [-0.2, -0.15) is 13.2 Å². The summed E-state index contributed by atoms with van der Waals surface area (Å²) in [6.07, 6.45) is -6.76.